The molecular weight excluding hydrogens is 332 g/mol. The van der Waals surface area contributed by atoms with Crippen LogP contribution in [0.3, 0.4) is 0 Å². The molecule has 142 valence electrons. The number of carbonyl (C=O) groups excluding carboxylic acids is 2. The second kappa shape index (κ2) is 9.94. The molecule has 0 spiro atoms. The largest absolute Gasteiger partial charge is 0.481 e. The molecule has 26 heavy (non-hydrogen) atoms. The van der Waals surface area contributed by atoms with E-state index in [1.54, 1.807) is 6.92 Å². The minimum atomic E-state index is -0.889. The molecule has 2 atom stereocenters. The minimum Gasteiger partial charge on any atom is -0.481 e. The van der Waals surface area contributed by atoms with Gasteiger partial charge in [0, 0.05) is 18.4 Å². The quantitative estimate of drug-likeness (QED) is 0.629. The summed E-state index contributed by atoms with van der Waals surface area (Å²) in [6, 6.07) is 8.72. The number of amides is 2. The number of carboxylic acids is 1. The molecule has 0 saturated heterocycles. The van der Waals surface area contributed by atoms with Crippen molar-refractivity contribution in [3.8, 4) is 0 Å². The van der Waals surface area contributed by atoms with E-state index in [0.29, 0.717) is 12.8 Å². The van der Waals surface area contributed by atoms with Gasteiger partial charge in [-0.25, -0.2) is 0 Å². The standard InChI is InChI=1S/C20H28N2O4/c1-14(21-20(26)16-9-5-6-10-16)19(25)22-17(11-12-18(23)24)13-15-7-3-2-4-8-15/h2-4,7-8,14,16-17H,5-6,9-13H2,1H3,(H,21,26)(H,22,25)(H,23,24). The van der Waals surface area contributed by atoms with E-state index in [9.17, 15) is 14.4 Å². The first-order valence-electron chi connectivity index (χ1n) is 9.32. The Bertz CT molecular complexity index is 611. The highest BCUT2D eigenvalue weighted by Gasteiger charge is 2.26. The Hall–Kier alpha value is -2.37. The molecule has 1 saturated carbocycles. The molecule has 1 aromatic carbocycles. The summed E-state index contributed by atoms with van der Waals surface area (Å²) in [6.07, 6.45) is 4.79. The molecule has 1 aliphatic carbocycles. The third-order valence-electron chi connectivity index (χ3n) is 4.86. The van der Waals surface area contributed by atoms with Gasteiger partial charge >= 0.3 is 5.97 Å². The summed E-state index contributed by atoms with van der Waals surface area (Å²) in [5.41, 5.74) is 1.03. The van der Waals surface area contributed by atoms with Crippen LogP contribution in [0.2, 0.25) is 0 Å². The Morgan fingerprint density at radius 1 is 1.12 bits per heavy atom. The molecule has 1 fully saturated rings. The Labute approximate surface area is 154 Å². The predicted molar refractivity (Wildman–Crippen MR) is 98.5 cm³/mol. The zero-order valence-electron chi connectivity index (χ0n) is 15.2. The van der Waals surface area contributed by atoms with Crippen LogP contribution >= 0.6 is 0 Å². The van der Waals surface area contributed by atoms with Crippen LogP contribution in [0, 0.1) is 5.92 Å². The summed E-state index contributed by atoms with van der Waals surface area (Å²) < 4.78 is 0. The number of carbonyl (C=O) groups is 3. The van der Waals surface area contributed by atoms with Crippen LogP contribution < -0.4 is 10.6 Å². The SMILES string of the molecule is CC(NC(=O)C1CCCC1)C(=O)NC(CCC(=O)O)Cc1ccccc1. The fourth-order valence-corrected chi connectivity index (χ4v) is 3.33. The van der Waals surface area contributed by atoms with Crippen LogP contribution in [0.25, 0.3) is 0 Å². The fourth-order valence-electron chi connectivity index (χ4n) is 3.33. The van der Waals surface area contributed by atoms with Crippen molar-refractivity contribution in [2.45, 2.75) is 64.0 Å². The van der Waals surface area contributed by atoms with E-state index in [0.717, 1.165) is 31.2 Å². The van der Waals surface area contributed by atoms with Gasteiger partial charge in [0.05, 0.1) is 0 Å². The zero-order valence-corrected chi connectivity index (χ0v) is 15.2. The summed E-state index contributed by atoms with van der Waals surface area (Å²) >= 11 is 0. The highest BCUT2D eigenvalue weighted by atomic mass is 16.4. The van der Waals surface area contributed by atoms with Crippen molar-refractivity contribution in [2.24, 2.45) is 5.92 Å². The van der Waals surface area contributed by atoms with E-state index in [2.05, 4.69) is 10.6 Å². The van der Waals surface area contributed by atoms with Crippen molar-refractivity contribution in [1.29, 1.82) is 0 Å². The van der Waals surface area contributed by atoms with Crippen LogP contribution in [-0.2, 0) is 20.8 Å². The number of hydrogen-bond acceptors (Lipinski definition) is 3. The molecular formula is C20H28N2O4. The molecule has 1 aliphatic rings. The van der Waals surface area contributed by atoms with Gasteiger partial charge in [0.25, 0.3) is 0 Å². The summed E-state index contributed by atoms with van der Waals surface area (Å²) in [5, 5.41) is 14.6. The number of carboxylic acid groups (broad SMARTS) is 1. The van der Waals surface area contributed by atoms with Crippen molar-refractivity contribution in [3.05, 3.63) is 35.9 Å². The molecule has 1 aromatic rings. The Morgan fingerprint density at radius 2 is 1.77 bits per heavy atom. The lowest BCUT2D eigenvalue weighted by atomic mass is 10.0. The Balaban J connectivity index is 1.90. The van der Waals surface area contributed by atoms with E-state index in [1.807, 2.05) is 30.3 Å². The van der Waals surface area contributed by atoms with Crippen LogP contribution in [0.5, 0.6) is 0 Å². The molecule has 6 heteroatoms. The third-order valence-corrected chi connectivity index (χ3v) is 4.86. The molecule has 0 aliphatic heterocycles. The maximum atomic E-state index is 12.5. The highest BCUT2D eigenvalue weighted by Crippen LogP contribution is 2.24. The monoisotopic (exact) mass is 360 g/mol. The predicted octanol–water partition coefficient (Wildman–Crippen LogP) is 2.27. The maximum absolute atomic E-state index is 12.5. The summed E-state index contributed by atoms with van der Waals surface area (Å²) in [6.45, 7) is 1.67. The van der Waals surface area contributed by atoms with E-state index in [4.69, 9.17) is 5.11 Å². The van der Waals surface area contributed by atoms with Crippen molar-refractivity contribution in [1.82, 2.24) is 10.6 Å². The van der Waals surface area contributed by atoms with Gasteiger partial charge in [0.1, 0.15) is 6.04 Å². The normalized spacial score (nSPS) is 16.7. The molecule has 0 aromatic heterocycles. The zero-order chi connectivity index (χ0) is 18.9. The number of nitrogens with one attached hydrogen (secondary N) is 2. The molecule has 0 bridgehead atoms. The molecule has 2 rings (SSSR count). The molecule has 2 amide bonds. The fraction of sp³-hybridized carbons (Fsp3) is 0.550. The molecule has 0 radical (unpaired) electrons. The van der Waals surface area contributed by atoms with Gasteiger partial charge in [-0.05, 0) is 38.2 Å². The summed E-state index contributed by atoms with van der Waals surface area (Å²) in [4.78, 5) is 35.5. The van der Waals surface area contributed by atoms with Crippen LogP contribution in [0.1, 0.15) is 51.0 Å². The molecule has 0 heterocycles. The van der Waals surface area contributed by atoms with Crippen LogP contribution in [0.4, 0.5) is 0 Å². The number of hydrogen-bond donors (Lipinski definition) is 3. The first kappa shape index (κ1) is 19.9. The average Bonchev–Trinajstić information content (AvgIpc) is 3.15. The topological polar surface area (TPSA) is 95.5 Å². The van der Waals surface area contributed by atoms with Gasteiger partial charge in [-0.3, -0.25) is 14.4 Å². The van der Waals surface area contributed by atoms with E-state index in [1.165, 1.54) is 0 Å². The van der Waals surface area contributed by atoms with E-state index >= 15 is 0 Å². The van der Waals surface area contributed by atoms with Crippen LogP contribution in [-0.4, -0.2) is 35.0 Å². The first-order valence-corrected chi connectivity index (χ1v) is 9.32. The Kier molecular flexibility index (Phi) is 7.63. The van der Waals surface area contributed by atoms with Crippen molar-refractivity contribution >= 4 is 17.8 Å². The molecule has 2 unspecified atom stereocenters. The maximum Gasteiger partial charge on any atom is 0.303 e. The second-order valence-corrected chi connectivity index (χ2v) is 7.04. The summed E-state index contributed by atoms with van der Waals surface area (Å²) in [5.74, 6) is -1.21. The third kappa shape index (κ3) is 6.50. The number of rotatable bonds is 9. The first-order chi connectivity index (χ1) is 12.5. The van der Waals surface area contributed by atoms with Crippen LogP contribution in [0.15, 0.2) is 30.3 Å². The molecule has 6 nitrogen and oxygen atoms in total. The summed E-state index contributed by atoms with van der Waals surface area (Å²) in [7, 11) is 0. The van der Waals surface area contributed by atoms with Gasteiger partial charge in [0.2, 0.25) is 11.8 Å². The lowest BCUT2D eigenvalue weighted by Crippen LogP contribution is -2.49. The van der Waals surface area contributed by atoms with Gasteiger partial charge < -0.3 is 15.7 Å². The highest BCUT2D eigenvalue weighted by molar-refractivity contribution is 5.88. The smallest absolute Gasteiger partial charge is 0.303 e. The average molecular weight is 360 g/mol. The second-order valence-electron chi connectivity index (χ2n) is 7.04. The van der Waals surface area contributed by atoms with Crippen molar-refractivity contribution < 1.29 is 19.5 Å². The van der Waals surface area contributed by atoms with Gasteiger partial charge in [-0.2, -0.15) is 0 Å². The van der Waals surface area contributed by atoms with Gasteiger partial charge in [-0.1, -0.05) is 43.2 Å². The van der Waals surface area contributed by atoms with Gasteiger partial charge in [0.15, 0.2) is 0 Å². The number of aliphatic carboxylic acids is 1. The van der Waals surface area contributed by atoms with Gasteiger partial charge in [-0.15, -0.1) is 0 Å². The van der Waals surface area contributed by atoms with E-state index in [-0.39, 0.29) is 30.2 Å². The van der Waals surface area contributed by atoms with Crippen molar-refractivity contribution in [3.63, 3.8) is 0 Å². The van der Waals surface area contributed by atoms with E-state index < -0.39 is 12.0 Å². The number of benzene rings is 1. The van der Waals surface area contributed by atoms with Crippen molar-refractivity contribution in [2.75, 3.05) is 0 Å². The minimum absolute atomic E-state index is 0.0115. The Morgan fingerprint density at radius 3 is 2.38 bits per heavy atom. The lowest BCUT2D eigenvalue weighted by Gasteiger charge is -2.22. The lowest BCUT2D eigenvalue weighted by molar-refractivity contribution is -0.137. The molecule has 3 N–H and O–H groups in total.